The number of nitrogens with zero attached hydrogens (tertiary/aromatic N) is 1. The second kappa shape index (κ2) is 7.59. The summed E-state index contributed by atoms with van der Waals surface area (Å²) in [5, 5.41) is 4.15. The molecule has 0 saturated carbocycles. The Bertz CT molecular complexity index is 515. The van der Waals surface area contributed by atoms with E-state index in [-0.39, 0.29) is 12.1 Å². The molecule has 5 N–H and O–H groups in total. The molecule has 130 valence electrons. The van der Waals surface area contributed by atoms with Crippen LogP contribution in [0, 0.1) is 0 Å². The van der Waals surface area contributed by atoms with Crippen molar-refractivity contribution >= 4 is 5.91 Å². The molecule has 0 saturated heterocycles. The third-order valence-electron chi connectivity index (χ3n) is 2.78. The normalized spacial score (nSPS) is 14.4. The van der Waals surface area contributed by atoms with E-state index in [2.05, 4.69) is 20.9 Å². The minimum atomic E-state index is -4.77. The van der Waals surface area contributed by atoms with Gasteiger partial charge in [-0.25, -0.2) is 10.9 Å². The van der Waals surface area contributed by atoms with Crippen LogP contribution in [-0.4, -0.2) is 43.7 Å². The maximum atomic E-state index is 12.1. The summed E-state index contributed by atoms with van der Waals surface area (Å²) in [4.78, 5) is 12.1. The minimum Gasteiger partial charge on any atom is -0.406 e. The molecule has 0 aliphatic carbocycles. The number of hydrogen-bond acceptors (Lipinski definition) is 6. The van der Waals surface area contributed by atoms with E-state index in [1.165, 1.54) is 12.1 Å². The van der Waals surface area contributed by atoms with E-state index in [9.17, 15) is 18.0 Å². The van der Waals surface area contributed by atoms with E-state index in [4.69, 9.17) is 5.73 Å². The molecule has 0 bridgehead atoms. The molecule has 10 heteroatoms. The number of amides is 1. The zero-order valence-corrected chi connectivity index (χ0v) is 13.0. The van der Waals surface area contributed by atoms with E-state index in [0.29, 0.717) is 0 Å². The number of halogens is 3. The number of hydrazine groups is 2. The van der Waals surface area contributed by atoms with Crippen molar-refractivity contribution in [2.45, 2.75) is 18.9 Å². The summed E-state index contributed by atoms with van der Waals surface area (Å²) in [6.45, 7) is 1.84. The van der Waals surface area contributed by atoms with Crippen LogP contribution >= 0.6 is 0 Å². The average Bonchev–Trinajstić information content (AvgIpc) is 2.43. The molecule has 0 fully saturated rings. The van der Waals surface area contributed by atoms with Gasteiger partial charge in [-0.3, -0.25) is 4.79 Å². The fourth-order valence-electron chi connectivity index (χ4n) is 1.78. The molecule has 1 atom stereocenters. The van der Waals surface area contributed by atoms with Gasteiger partial charge in [0.25, 0.3) is 5.91 Å². The summed E-state index contributed by atoms with van der Waals surface area (Å²) >= 11 is 0. The van der Waals surface area contributed by atoms with Crippen molar-refractivity contribution in [1.29, 1.82) is 0 Å². The number of carbonyl (C=O) groups is 1. The molecule has 1 aromatic rings. The molecule has 0 radical (unpaired) electrons. The zero-order valence-electron chi connectivity index (χ0n) is 13.0. The van der Waals surface area contributed by atoms with E-state index < -0.39 is 23.7 Å². The lowest BCUT2D eigenvalue weighted by molar-refractivity contribution is -0.274. The van der Waals surface area contributed by atoms with Gasteiger partial charge in [-0.1, -0.05) is 0 Å². The molecular weight excluding hydrogens is 315 g/mol. The summed E-state index contributed by atoms with van der Waals surface area (Å²) in [6.07, 6.45) is -4.77. The Balaban J connectivity index is 2.70. The molecule has 0 aliphatic rings. The van der Waals surface area contributed by atoms with Crippen molar-refractivity contribution in [3.63, 3.8) is 0 Å². The molecule has 1 aromatic carbocycles. The number of hydrogen-bond donors (Lipinski definition) is 4. The lowest BCUT2D eigenvalue weighted by Gasteiger charge is -2.32. The van der Waals surface area contributed by atoms with Crippen molar-refractivity contribution in [2.24, 2.45) is 5.73 Å². The van der Waals surface area contributed by atoms with Gasteiger partial charge in [0.05, 0.1) is 6.54 Å². The van der Waals surface area contributed by atoms with E-state index in [1.807, 2.05) is 0 Å². The van der Waals surface area contributed by atoms with Crippen LogP contribution < -0.4 is 26.6 Å². The van der Waals surface area contributed by atoms with Crippen molar-refractivity contribution in [2.75, 3.05) is 20.6 Å². The number of nitrogens with one attached hydrogen (secondary N) is 3. The Hall–Kier alpha value is -1.88. The maximum absolute atomic E-state index is 12.1. The fourth-order valence-corrected chi connectivity index (χ4v) is 1.78. The van der Waals surface area contributed by atoms with Gasteiger partial charge in [0.2, 0.25) is 0 Å². The molecule has 0 aromatic heterocycles. The predicted molar refractivity (Wildman–Crippen MR) is 78.0 cm³/mol. The number of rotatable bonds is 7. The van der Waals surface area contributed by atoms with Crippen LogP contribution in [0.25, 0.3) is 0 Å². The quantitative estimate of drug-likeness (QED) is 0.430. The highest BCUT2D eigenvalue weighted by molar-refractivity contribution is 5.94. The Labute approximate surface area is 131 Å². The monoisotopic (exact) mass is 335 g/mol. The predicted octanol–water partition coefficient (Wildman–Crippen LogP) is 0.561. The Kier molecular flexibility index (Phi) is 6.33. The molecule has 1 unspecified atom stereocenters. The third-order valence-corrected chi connectivity index (χ3v) is 2.78. The smallest absolute Gasteiger partial charge is 0.406 e. The highest BCUT2D eigenvalue weighted by Crippen LogP contribution is 2.22. The van der Waals surface area contributed by atoms with Gasteiger partial charge in [0.15, 0.2) is 0 Å². The number of alkyl halides is 3. The van der Waals surface area contributed by atoms with E-state index in [0.717, 1.165) is 12.1 Å². The fraction of sp³-hybridized carbons (Fsp3) is 0.462. The van der Waals surface area contributed by atoms with E-state index in [1.54, 1.807) is 26.1 Å². The molecule has 23 heavy (non-hydrogen) atoms. The lowest BCUT2D eigenvalue weighted by Crippen LogP contribution is -2.63. The van der Waals surface area contributed by atoms with Gasteiger partial charge in [-0.05, 0) is 31.2 Å². The third kappa shape index (κ3) is 6.82. The molecule has 1 amide bonds. The summed E-state index contributed by atoms with van der Waals surface area (Å²) in [5.74, 6) is -0.915. The van der Waals surface area contributed by atoms with Crippen LogP contribution in [0.15, 0.2) is 24.3 Å². The van der Waals surface area contributed by atoms with Gasteiger partial charge in [-0.2, -0.15) is 5.12 Å². The van der Waals surface area contributed by atoms with Gasteiger partial charge in [-0.15, -0.1) is 13.2 Å². The minimum absolute atomic E-state index is 0.164. The van der Waals surface area contributed by atoms with Gasteiger partial charge in [0.1, 0.15) is 11.4 Å². The van der Waals surface area contributed by atoms with Crippen LogP contribution in [0.5, 0.6) is 5.75 Å². The standard InChI is InChI=1S/C13H20F3N5O2/c1-12(17,8-21(18-2)19-3)20-11(22)9-4-6-10(7-5-9)23-13(14,15)16/h4-7,18-19H,8,17H2,1-3H3,(H,20,22). The molecule has 1 rings (SSSR count). The molecular formula is C13H20F3N5O2. The summed E-state index contributed by atoms with van der Waals surface area (Å²) in [6, 6.07) is 4.56. The second-order valence-electron chi connectivity index (χ2n) is 4.98. The summed E-state index contributed by atoms with van der Waals surface area (Å²) < 4.78 is 40.0. The molecule has 7 nitrogen and oxygen atoms in total. The van der Waals surface area contributed by atoms with Crippen molar-refractivity contribution in [1.82, 2.24) is 21.3 Å². The van der Waals surface area contributed by atoms with Crippen LogP contribution in [0.1, 0.15) is 17.3 Å². The summed E-state index contributed by atoms with van der Waals surface area (Å²) in [5.41, 5.74) is 10.7. The van der Waals surface area contributed by atoms with Gasteiger partial charge in [0, 0.05) is 19.7 Å². The number of ether oxygens (including phenoxy) is 1. The largest absolute Gasteiger partial charge is 0.573 e. The first-order valence-corrected chi connectivity index (χ1v) is 6.66. The van der Waals surface area contributed by atoms with Crippen LogP contribution in [0.3, 0.4) is 0 Å². The lowest BCUT2D eigenvalue weighted by atomic mass is 10.1. The van der Waals surface area contributed by atoms with Crippen LogP contribution in [-0.2, 0) is 0 Å². The van der Waals surface area contributed by atoms with Crippen molar-refractivity contribution in [3.05, 3.63) is 29.8 Å². The van der Waals surface area contributed by atoms with Crippen molar-refractivity contribution in [3.8, 4) is 5.75 Å². The molecule has 0 heterocycles. The van der Waals surface area contributed by atoms with Crippen LogP contribution in [0.2, 0.25) is 0 Å². The first-order valence-electron chi connectivity index (χ1n) is 6.66. The summed E-state index contributed by atoms with van der Waals surface area (Å²) in [7, 11) is 3.35. The first-order chi connectivity index (χ1) is 10.6. The number of benzene rings is 1. The topological polar surface area (TPSA) is 91.7 Å². The Morgan fingerprint density at radius 2 is 1.74 bits per heavy atom. The SMILES string of the molecule is CNN(CC(C)(N)NC(=O)c1ccc(OC(F)(F)F)cc1)NC. The van der Waals surface area contributed by atoms with Crippen LogP contribution in [0.4, 0.5) is 13.2 Å². The highest BCUT2D eigenvalue weighted by atomic mass is 19.4. The molecule has 0 aliphatic heterocycles. The zero-order chi connectivity index (χ0) is 17.7. The van der Waals surface area contributed by atoms with Gasteiger partial charge >= 0.3 is 6.36 Å². The van der Waals surface area contributed by atoms with Gasteiger partial charge < -0.3 is 15.8 Å². The Morgan fingerprint density at radius 3 is 2.17 bits per heavy atom. The Morgan fingerprint density at radius 1 is 1.22 bits per heavy atom. The first kappa shape index (κ1) is 19.2. The maximum Gasteiger partial charge on any atom is 0.573 e. The van der Waals surface area contributed by atoms with Crippen molar-refractivity contribution < 1.29 is 22.7 Å². The number of carbonyl (C=O) groups excluding carboxylic acids is 1. The van der Waals surface area contributed by atoms with E-state index >= 15 is 0 Å². The average molecular weight is 335 g/mol. The molecule has 0 spiro atoms. The highest BCUT2D eigenvalue weighted by Gasteiger charge is 2.31. The number of nitrogens with two attached hydrogens (primary N) is 1. The second-order valence-corrected chi connectivity index (χ2v) is 4.98.